The maximum absolute atomic E-state index is 2.24. The zero-order valence-electron chi connectivity index (χ0n) is 8.36. The van der Waals surface area contributed by atoms with E-state index >= 15 is 0 Å². The van der Waals surface area contributed by atoms with Crippen molar-refractivity contribution in [3.63, 3.8) is 0 Å². The summed E-state index contributed by atoms with van der Waals surface area (Å²) in [4.78, 5) is 0. The van der Waals surface area contributed by atoms with Crippen LogP contribution >= 0.6 is 0 Å². The molecule has 0 saturated carbocycles. The SMILES string of the molecule is CC=CC.CCC(C)(C)C. The summed E-state index contributed by atoms with van der Waals surface area (Å²) >= 11 is 0. The van der Waals surface area contributed by atoms with Gasteiger partial charge in [0.25, 0.3) is 0 Å². The zero-order valence-corrected chi connectivity index (χ0v) is 8.36. The third-order valence-electron chi connectivity index (χ3n) is 1.39. The van der Waals surface area contributed by atoms with Gasteiger partial charge in [0.15, 0.2) is 0 Å². The van der Waals surface area contributed by atoms with E-state index in [0.29, 0.717) is 5.41 Å². The minimum atomic E-state index is 0.542. The number of allylic oxidation sites excluding steroid dienone is 2. The molecular weight excluding hydrogens is 120 g/mol. The monoisotopic (exact) mass is 142 g/mol. The molecular formula is C10H22. The quantitative estimate of drug-likeness (QED) is 0.448. The van der Waals surface area contributed by atoms with Crippen LogP contribution in [0, 0.1) is 5.41 Å². The first-order valence-electron chi connectivity index (χ1n) is 4.05. The molecule has 0 atom stereocenters. The van der Waals surface area contributed by atoms with E-state index in [-0.39, 0.29) is 0 Å². The van der Waals surface area contributed by atoms with Gasteiger partial charge in [0.2, 0.25) is 0 Å². The molecule has 0 saturated heterocycles. The van der Waals surface area contributed by atoms with Crippen LogP contribution in [-0.4, -0.2) is 0 Å². The number of hydrogen-bond acceptors (Lipinski definition) is 0. The summed E-state index contributed by atoms with van der Waals surface area (Å²) in [5, 5.41) is 0. The molecule has 62 valence electrons. The van der Waals surface area contributed by atoms with Gasteiger partial charge in [-0.1, -0.05) is 46.3 Å². The van der Waals surface area contributed by atoms with E-state index in [4.69, 9.17) is 0 Å². The molecule has 0 heteroatoms. The van der Waals surface area contributed by atoms with Crippen molar-refractivity contribution in [2.45, 2.75) is 48.0 Å². The minimum Gasteiger partial charge on any atom is -0.0919 e. The van der Waals surface area contributed by atoms with Gasteiger partial charge in [-0.3, -0.25) is 0 Å². The fourth-order valence-corrected chi connectivity index (χ4v) is 0. The summed E-state index contributed by atoms with van der Waals surface area (Å²) in [6.07, 6.45) is 5.27. The molecule has 0 heterocycles. The molecule has 0 spiro atoms. The van der Waals surface area contributed by atoms with Crippen LogP contribution in [0.3, 0.4) is 0 Å². The highest BCUT2D eigenvalue weighted by Gasteiger charge is 2.03. The van der Waals surface area contributed by atoms with E-state index in [1.54, 1.807) is 0 Å². The van der Waals surface area contributed by atoms with Crippen molar-refractivity contribution in [1.29, 1.82) is 0 Å². The lowest BCUT2D eigenvalue weighted by Crippen LogP contribution is -2.00. The summed E-state index contributed by atoms with van der Waals surface area (Å²) in [7, 11) is 0. The van der Waals surface area contributed by atoms with E-state index in [2.05, 4.69) is 27.7 Å². The molecule has 0 aromatic heterocycles. The lowest BCUT2D eigenvalue weighted by atomic mass is 9.94. The molecule has 0 amide bonds. The summed E-state index contributed by atoms with van der Waals surface area (Å²) in [5.74, 6) is 0. The normalized spacial score (nSPS) is 11.0. The molecule has 0 aromatic rings. The lowest BCUT2D eigenvalue weighted by molar-refractivity contribution is 0.398. The fourth-order valence-electron chi connectivity index (χ4n) is 0. The van der Waals surface area contributed by atoms with Crippen molar-refractivity contribution >= 4 is 0 Å². The van der Waals surface area contributed by atoms with Crippen molar-refractivity contribution in [3.05, 3.63) is 12.2 Å². The van der Waals surface area contributed by atoms with Crippen LogP contribution < -0.4 is 0 Å². The number of rotatable bonds is 0. The van der Waals surface area contributed by atoms with Crippen molar-refractivity contribution in [2.24, 2.45) is 5.41 Å². The molecule has 0 aliphatic rings. The smallest absolute Gasteiger partial charge is 0.0385 e. The van der Waals surface area contributed by atoms with Gasteiger partial charge in [0.05, 0.1) is 0 Å². The molecule has 0 radical (unpaired) electrons. The average molecular weight is 142 g/mol. The fraction of sp³-hybridized carbons (Fsp3) is 0.800. The zero-order chi connectivity index (χ0) is 8.62. The summed E-state index contributed by atoms with van der Waals surface area (Å²) in [5.41, 5.74) is 0.542. The van der Waals surface area contributed by atoms with Crippen LogP contribution in [0.4, 0.5) is 0 Å². The Morgan fingerprint density at radius 2 is 1.20 bits per heavy atom. The Labute approximate surface area is 66.3 Å². The highest BCUT2D eigenvalue weighted by molar-refractivity contribution is 4.68. The Morgan fingerprint density at radius 1 is 1.00 bits per heavy atom. The Balaban J connectivity index is 0. The van der Waals surface area contributed by atoms with Crippen molar-refractivity contribution in [3.8, 4) is 0 Å². The average Bonchev–Trinajstić information content (AvgIpc) is 1.87. The first kappa shape index (κ1) is 12.4. The first-order valence-corrected chi connectivity index (χ1v) is 4.05. The highest BCUT2D eigenvalue weighted by Crippen LogP contribution is 2.16. The molecule has 0 N–H and O–H groups in total. The van der Waals surface area contributed by atoms with Crippen molar-refractivity contribution < 1.29 is 0 Å². The van der Waals surface area contributed by atoms with Gasteiger partial charge >= 0.3 is 0 Å². The molecule has 10 heavy (non-hydrogen) atoms. The second kappa shape index (κ2) is 6.85. The van der Waals surface area contributed by atoms with Gasteiger partial charge in [-0.25, -0.2) is 0 Å². The maximum atomic E-state index is 2.24. The van der Waals surface area contributed by atoms with Crippen LogP contribution in [0.1, 0.15) is 48.0 Å². The van der Waals surface area contributed by atoms with Crippen LogP contribution in [0.15, 0.2) is 12.2 Å². The summed E-state index contributed by atoms with van der Waals surface area (Å²) in [6, 6.07) is 0. The highest BCUT2D eigenvalue weighted by atomic mass is 14.1. The van der Waals surface area contributed by atoms with E-state index in [1.165, 1.54) is 6.42 Å². The van der Waals surface area contributed by atoms with Crippen molar-refractivity contribution in [1.82, 2.24) is 0 Å². The Morgan fingerprint density at radius 3 is 1.20 bits per heavy atom. The molecule has 0 rings (SSSR count). The van der Waals surface area contributed by atoms with E-state index in [0.717, 1.165) is 0 Å². The molecule has 0 aliphatic heterocycles. The third-order valence-corrected chi connectivity index (χ3v) is 1.39. The van der Waals surface area contributed by atoms with Gasteiger partial charge in [0, 0.05) is 0 Å². The topological polar surface area (TPSA) is 0 Å². The number of hydrogen-bond donors (Lipinski definition) is 0. The minimum absolute atomic E-state index is 0.542. The van der Waals surface area contributed by atoms with Crippen molar-refractivity contribution in [2.75, 3.05) is 0 Å². The van der Waals surface area contributed by atoms with E-state index in [9.17, 15) is 0 Å². The van der Waals surface area contributed by atoms with Gasteiger partial charge in [-0.15, -0.1) is 0 Å². The van der Waals surface area contributed by atoms with Gasteiger partial charge in [-0.2, -0.15) is 0 Å². The molecule has 0 bridgehead atoms. The summed E-state index contributed by atoms with van der Waals surface area (Å²) in [6.45, 7) is 12.9. The van der Waals surface area contributed by atoms with Gasteiger partial charge in [0.1, 0.15) is 0 Å². The van der Waals surface area contributed by atoms with E-state index in [1.807, 2.05) is 26.0 Å². The Hall–Kier alpha value is -0.260. The Bertz CT molecular complexity index is 68.5. The van der Waals surface area contributed by atoms with Crippen LogP contribution in [0.25, 0.3) is 0 Å². The largest absolute Gasteiger partial charge is 0.0919 e. The second-order valence-corrected chi connectivity index (χ2v) is 3.58. The van der Waals surface area contributed by atoms with Crippen LogP contribution in [0.5, 0.6) is 0 Å². The first-order chi connectivity index (χ1) is 4.47. The molecule has 0 fully saturated rings. The van der Waals surface area contributed by atoms with E-state index < -0.39 is 0 Å². The second-order valence-electron chi connectivity index (χ2n) is 3.58. The predicted molar refractivity (Wildman–Crippen MR) is 50.2 cm³/mol. The van der Waals surface area contributed by atoms with Gasteiger partial charge in [-0.05, 0) is 19.3 Å². The molecule has 0 unspecified atom stereocenters. The predicted octanol–water partition coefficient (Wildman–Crippen LogP) is 4.02. The summed E-state index contributed by atoms with van der Waals surface area (Å²) < 4.78 is 0. The molecule has 0 aliphatic carbocycles. The molecule has 0 aromatic carbocycles. The lowest BCUT2D eigenvalue weighted by Gasteiger charge is -2.12. The van der Waals surface area contributed by atoms with Crippen LogP contribution in [-0.2, 0) is 0 Å². The third kappa shape index (κ3) is 25.1. The standard InChI is InChI=1S/C6H14.C4H8/c1-5-6(2,3)4;1-3-4-2/h5H2,1-4H3;3-4H,1-2H3. The van der Waals surface area contributed by atoms with Crippen LogP contribution in [0.2, 0.25) is 0 Å². The maximum Gasteiger partial charge on any atom is -0.0385 e. The Kier molecular flexibility index (Phi) is 8.51. The van der Waals surface area contributed by atoms with Gasteiger partial charge < -0.3 is 0 Å². The molecule has 0 nitrogen and oxygen atoms in total.